The lowest BCUT2D eigenvalue weighted by Gasteiger charge is -2.60. The Morgan fingerprint density at radius 1 is 0.955 bits per heavy atom. The zero-order chi connectivity index (χ0) is 46.4. The molecule has 2 aliphatic carbocycles. The maximum atomic E-state index is 14.9. The summed E-state index contributed by atoms with van der Waals surface area (Å²) >= 11 is 7.94. The first kappa shape index (κ1) is 48.9. The Morgan fingerprint density at radius 2 is 1.76 bits per heavy atom. The number of alkyl halides is 1. The molecule has 2 N–H and O–H groups in total. The molecule has 0 radical (unpaired) electrons. The summed E-state index contributed by atoms with van der Waals surface area (Å²) in [6, 6.07) is 29.9. The second kappa shape index (κ2) is 24.1. The molecule has 7 atom stereocenters. The molecule has 67 heavy (non-hydrogen) atoms. The number of unbranched alkanes of at least 4 members (excludes halogenated alkanes) is 2. The molecule has 4 aromatic carbocycles. The topological polar surface area (TPSA) is 129 Å². The van der Waals surface area contributed by atoms with Crippen LogP contribution in [-0.4, -0.2) is 96.3 Å². The van der Waals surface area contributed by atoms with E-state index in [1.165, 1.54) is 4.90 Å². The van der Waals surface area contributed by atoms with Crippen molar-refractivity contribution in [2.24, 2.45) is 22.9 Å². The molecule has 0 bridgehead atoms. The molecule has 0 aromatic heterocycles. The van der Waals surface area contributed by atoms with Crippen LogP contribution in [0, 0.1) is 17.8 Å². The maximum absolute atomic E-state index is 14.9. The van der Waals surface area contributed by atoms with Crippen LogP contribution in [0.4, 0.5) is 4.79 Å². The van der Waals surface area contributed by atoms with Gasteiger partial charge in [-0.1, -0.05) is 90.8 Å². The van der Waals surface area contributed by atoms with Gasteiger partial charge in [-0.3, -0.25) is 4.90 Å². The van der Waals surface area contributed by atoms with Gasteiger partial charge in [0.15, 0.2) is 0 Å². The Balaban J connectivity index is 1.30. The zero-order valence-electron chi connectivity index (χ0n) is 38.4. The van der Waals surface area contributed by atoms with Gasteiger partial charge in [0.1, 0.15) is 24.1 Å². The highest BCUT2D eigenvalue weighted by atomic mass is 35.5. The minimum atomic E-state index is -1.47. The summed E-state index contributed by atoms with van der Waals surface area (Å²) in [5.74, 6) is 0.218. The molecule has 1 unspecified atom stereocenters. The first-order valence-corrected chi connectivity index (χ1v) is 25.6. The van der Waals surface area contributed by atoms with E-state index in [4.69, 9.17) is 45.3 Å². The number of aliphatic hydroxyl groups excluding tert-OH is 2. The molecule has 13 heteroatoms. The number of carbonyl (C=O) groups is 1. The molecule has 358 valence electrons. The number of rotatable bonds is 23. The largest absolute Gasteiger partial charge is 0.493 e. The number of hydrogen-bond acceptors (Lipinski definition) is 11. The monoisotopic (exact) mass is 952 g/mol. The number of hydrogen-bond donors (Lipinski definition) is 2. The van der Waals surface area contributed by atoms with Crippen molar-refractivity contribution >= 4 is 45.9 Å². The molecule has 2 aliphatic heterocycles. The minimum Gasteiger partial charge on any atom is -0.493 e. The number of carbonyl (C=O) groups excluding carboxylic acids is 1. The molecule has 4 aromatic rings. The van der Waals surface area contributed by atoms with Gasteiger partial charge in [0.05, 0.1) is 43.9 Å². The summed E-state index contributed by atoms with van der Waals surface area (Å²) in [6.07, 6.45) is 10.5. The van der Waals surface area contributed by atoms with Gasteiger partial charge in [-0.25, -0.2) is 4.79 Å². The van der Waals surface area contributed by atoms with Crippen LogP contribution in [0.15, 0.2) is 125 Å². The minimum absolute atomic E-state index is 0.0126. The number of halogens is 1. The smallest absolute Gasteiger partial charge is 0.410 e. The molecular weight excluding hydrogens is 888 g/mol. The number of allylic oxidation sites excluding steroid dienone is 1. The quantitative estimate of drug-likeness (QED) is 0.0244. The maximum Gasteiger partial charge on any atom is 0.410 e. The van der Waals surface area contributed by atoms with Gasteiger partial charge in [0, 0.05) is 48.2 Å². The van der Waals surface area contributed by atoms with Crippen molar-refractivity contribution in [3.05, 3.63) is 126 Å². The summed E-state index contributed by atoms with van der Waals surface area (Å²) in [7, 11) is 0. The van der Waals surface area contributed by atoms with Crippen LogP contribution in [0.3, 0.4) is 0 Å². The van der Waals surface area contributed by atoms with Gasteiger partial charge in [-0.2, -0.15) is 0 Å². The van der Waals surface area contributed by atoms with Crippen molar-refractivity contribution in [1.29, 1.82) is 0 Å². The van der Waals surface area contributed by atoms with E-state index >= 15 is 0 Å². The molecule has 11 nitrogen and oxygen atoms in total. The van der Waals surface area contributed by atoms with E-state index in [1.54, 1.807) is 22.7 Å². The second-order valence-corrected chi connectivity index (χ2v) is 19.3. The van der Waals surface area contributed by atoms with Crippen molar-refractivity contribution in [2.45, 2.75) is 99.7 Å². The lowest BCUT2D eigenvalue weighted by atomic mass is 9.55. The molecule has 1 saturated heterocycles. The van der Waals surface area contributed by atoms with Crippen LogP contribution in [0.5, 0.6) is 11.5 Å². The number of amides is 1. The van der Waals surface area contributed by atoms with Crippen LogP contribution in [0.2, 0.25) is 0 Å². The van der Waals surface area contributed by atoms with Crippen molar-refractivity contribution in [3.8, 4) is 11.5 Å². The van der Waals surface area contributed by atoms with Crippen LogP contribution in [-0.2, 0) is 25.6 Å². The number of thioether (sulfide) groups is 1. The third-order valence-corrected chi connectivity index (χ3v) is 14.7. The van der Waals surface area contributed by atoms with E-state index in [-0.39, 0.29) is 63.0 Å². The molecule has 1 amide bonds. The number of nitrogens with zero attached hydrogens (tertiary/aromatic N) is 2. The van der Waals surface area contributed by atoms with Crippen molar-refractivity contribution in [3.63, 3.8) is 0 Å². The first-order valence-electron chi connectivity index (χ1n) is 24.1. The third kappa shape index (κ3) is 11.5. The predicted octanol–water partition coefficient (Wildman–Crippen LogP) is 11.0. The fourth-order valence-electron chi connectivity index (χ4n) is 10.6. The number of aliphatic hydroxyl groups is 2. The Kier molecular flexibility index (Phi) is 17.6. The molecule has 0 spiro atoms. The number of fused-ring (bicyclic) bond motifs is 3. The Bertz CT molecular complexity index is 2300. The van der Waals surface area contributed by atoms with E-state index in [0.29, 0.717) is 37.5 Å². The summed E-state index contributed by atoms with van der Waals surface area (Å²) in [4.78, 5) is 24.2. The highest BCUT2D eigenvalue weighted by molar-refractivity contribution is 7.99. The molecule has 2 heterocycles. The standard InChI is InChI=1S/C54H65ClN2O9S/c1-2-29-64-54-49(57(53(60)63-31-26-55)37-40-18-14-17-38-15-6-7-21-43(38)40)36-47(56-66-50-23-10-13-30-62-50)45-34-39(16-8-11-27-58)44(22-9-12-28-59)51(52(45)54)46-35-41(24-25-48(46)65-54)61-32-33-67-42-19-4-3-5-20-42/h2-7,14-15,17-21,24-25,34-35,39,44,49-52,58-59H,1,8-13,16,22-23,26-33,36-37H2/t39-,44+,49-,50?,51+,52+,54+/m0/s1. The van der Waals surface area contributed by atoms with E-state index in [0.717, 1.165) is 83.9 Å². The highest BCUT2D eigenvalue weighted by Crippen LogP contribution is 2.62. The van der Waals surface area contributed by atoms with Gasteiger partial charge in [-0.15, -0.1) is 29.9 Å². The molecule has 4 aliphatic rings. The average molecular weight is 954 g/mol. The van der Waals surface area contributed by atoms with Crippen LogP contribution < -0.4 is 9.47 Å². The number of ether oxygens (including phenoxy) is 5. The fourth-order valence-corrected chi connectivity index (χ4v) is 11.4. The van der Waals surface area contributed by atoms with Gasteiger partial charge < -0.3 is 38.7 Å². The number of benzene rings is 4. The summed E-state index contributed by atoms with van der Waals surface area (Å²) in [6.45, 7) is 5.71. The molecule has 1 saturated carbocycles. The second-order valence-electron chi connectivity index (χ2n) is 17.8. The summed E-state index contributed by atoms with van der Waals surface area (Å²) < 4.78 is 33.2. The highest BCUT2D eigenvalue weighted by Gasteiger charge is 2.66. The Labute approximate surface area is 404 Å². The normalized spacial score (nSPS) is 24.8. The van der Waals surface area contributed by atoms with Crippen molar-refractivity contribution in [1.82, 2.24) is 4.90 Å². The lowest BCUT2D eigenvalue weighted by Crippen LogP contribution is -2.70. The SMILES string of the molecule is C=CCO[C@@]12Oc3ccc(OCCSc4ccccc4)cc3[C@H]3[C@H](CCCCO)[C@@H](CCCCO)C=C(C(=NOC4CCCCO4)C[C@@H]1N(Cc1cccc4ccccc14)C(=O)OCCCl)[C@H]32. The number of oxime groups is 1. The van der Waals surface area contributed by atoms with E-state index in [9.17, 15) is 15.0 Å². The van der Waals surface area contributed by atoms with Gasteiger partial charge in [-0.05, 0) is 103 Å². The van der Waals surface area contributed by atoms with Gasteiger partial charge in [0.25, 0.3) is 0 Å². The predicted molar refractivity (Wildman–Crippen MR) is 264 cm³/mol. The van der Waals surface area contributed by atoms with Gasteiger partial charge in [0.2, 0.25) is 12.1 Å². The first-order chi connectivity index (χ1) is 33.0. The third-order valence-electron chi connectivity index (χ3n) is 13.6. The summed E-state index contributed by atoms with van der Waals surface area (Å²) in [5.41, 5.74) is 3.56. The van der Waals surface area contributed by atoms with E-state index < -0.39 is 30.1 Å². The van der Waals surface area contributed by atoms with Crippen molar-refractivity contribution in [2.75, 3.05) is 51.3 Å². The van der Waals surface area contributed by atoms with E-state index in [1.807, 2.05) is 54.6 Å². The van der Waals surface area contributed by atoms with Crippen LogP contribution in [0.25, 0.3) is 10.8 Å². The molecule has 2 fully saturated rings. The molecular formula is C54H65ClN2O9S. The van der Waals surface area contributed by atoms with E-state index in [2.05, 4.69) is 49.1 Å². The fraction of sp³-hybridized carbons (Fsp3) is 0.481. The van der Waals surface area contributed by atoms with Crippen molar-refractivity contribution < 1.29 is 43.5 Å². The molecule has 8 rings (SSSR count). The van der Waals surface area contributed by atoms with Crippen LogP contribution in [0.1, 0.15) is 81.3 Å². The zero-order valence-corrected chi connectivity index (χ0v) is 39.9. The summed E-state index contributed by atoms with van der Waals surface area (Å²) in [5, 5.41) is 27.2. The van der Waals surface area contributed by atoms with Gasteiger partial charge >= 0.3 is 6.09 Å². The Morgan fingerprint density at radius 3 is 2.55 bits per heavy atom. The van der Waals surface area contributed by atoms with Crippen LogP contribution >= 0.6 is 23.4 Å². The lowest BCUT2D eigenvalue weighted by molar-refractivity contribution is -0.256. The Hall–Kier alpha value is -4.56. The average Bonchev–Trinajstić information content (AvgIpc) is 3.36.